The summed E-state index contributed by atoms with van der Waals surface area (Å²) in [4.78, 5) is 56.4. The number of H-pyrrole nitrogens is 2. The number of carbonyl (C=O) groups excluding carboxylic acids is 3. The highest BCUT2D eigenvalue weighted by molar-refractivity contribution is 6.35. The first kappa shape index (κ1) is 34.1. The normalized spacial score (nSPS) is 13.7. The van der Waals surface area contributed by atoms with Crippen LogP contribution in [-0.2, 0) is 22.4 Å². The van der Waals surface area contributed by atoms with Gasteiger partial charge < -0.3 is 24.9 Å². The summed E-state index contributed by atoms with van der Waals surface area (Å²) in [5.41, 5.74) is 7.79. The average Bonchev–Trinajstić information content (AvgIpc) is 3.66. The van der Waals surface area contributed by atoms with Crippen LogP contribution in [0.1, 0.15) is 44.7 Å². The van der Waals surface area contributed by atoms with Crippen LogP contribution in [0.2, 0.25) is 10.0 Å². The predicted octanol–water partition coefficient (Wildman–Crippen LogP) is 8.04. The van der Waals surface area contributed by atoms with Crippen LogP contribution in [0, 0.1) is 0 Å². The van der Waals surface area contributed by atoms with E-state index in [2.05, 4.69) is 9.97 Å². The second kappa shape index (κ2) is 14.5. The van der Waals surface area contributed by atoms with E-state index in [-0.39, 0.29) is 17.4 Å². The molecule has 4 heterocycles. The van der Waals surface area contributed by atoms with Crippen molar-refractivity contribution < 1.29 is 24.3 Å². The quantitative estimate of drug-likeness (QED) is 0.137. The molecule has 3 N–H and O–H groups in total. The molecular weight excluding hydrogens is 687 g/mol. The van der Waals surface area contributed by atoms with Crippen molar-refractivity contribution in [3.8, 4) is 22.3 Å². The fourth-order valence-corrected chi connectivity index (χ4v) is 6.88. The summed E-state index contributed by atoms with van der Waals surface area (Å²) in [6, 6.07) is 22.8. The summed E-state index contributed by atoms with van der Waals surface area (Å²) in [6.07, 6.45) is 7.01. The van der Waals surface area contributed by atoms with Crippen LogP contribution < -0.4 is 0 Å². The molecule has 2 aliphatic rings. The number of aromatic nitrogens is 2. The number of benzene rings is 4. The van der Waals surface area contributed by atoms with Crippen molar-refractivity contribution in [3.05, 3.63) is 117 Å². The van der Waals surface area contributed by atoms with Crippen molar-refractivity contribution in [2.75, 3.05) is 26.2 Å². The summed E-state index contributed by atoms with van der Waals surface area (Å²) in [5, 5.41) is 11.9. The summed E-state index contributed by atoms with van der Waals surface area (Å²) in [6.45, 7) is 3.47. The minimum absolute atomic E-state index is 0.155. The third kappa shape index (κ3) is 7.13. The zero-order valence-electron chi connectivity index (χ0n) is 27.5. The topological polar surface area (TPSA) is 127 Å². The molecule has 6 aromatic rings. The van der Waals surface area contributed by atoms with Crippen LogP contribution in [0.4, 0.5) is 0 Å². The van der Waals surface area contributed by atoms with E-state index in [1.54, 1.807) is 18.3 Å². The maximum absolute atomic E-state index is 12.1. The molecule has 0 spiro atoms. The molecule has 0 atom stereocenters. The van der Waals surface area contributed by atoms with Gasteiger partial charge in [-0.3, -0.25) is 14.4 Å². The monoisotopic (exact) mass is 720 g/mol. The van der Waals surface area contributed by atoms with Gasteiger partial charge in [0.15, 0.2) is 6.29 Å². The molecule has 0 bridgehead atoms. The standard InChI is InChI=1S/C20H17ClN2O3.C20H17ClN2O2/c21-17-10-18-15(16(11-22-18)20(25)26)9-14(17)13-4-2-12(3-5-13)8-19(24)23-6-1-7-23;21-18-10-19-17(15(12-24)11-22-19)9-16(18)14-4-2-13(3-5-14)8-20(25)23-6-1-7-23/h2-5,9-11,22H,1,6-8H2,(H,25,26);2-5,9-12,22H,1,6-8H2. The van der Waals surface area contributed by atoms with Crippen molar-refractivity contribution in [2.24, 2.45) is 0 Å². The van der Waals surface area contributed by atoms with E-state index in [0.717, 1.165) is 89.6 Å². The molecule has 8 rings (SSSR count). The van der Waals surface area contributed by atoms with Crippen molar-refractivity contribution in [2.45, 2.75) is 25.7 Å². The van der Waals surface area contributed by atoms with Gasteiger partial charge in [-0.05, 0) is 59.4 Å². The number of carbonyl (C=O) groups is 4. The number of aromatic amines is 2. The second-order valence-electron chi connectivity index (χ2n) is 12.8. The van der Waals surface area contributed by atoms with E-state index in [1.807, 2.05) is 70.5 Å². The van der Waals surface area contributed by atoms with Gasteiger partial charge in [-0.1, -0.05) is 71.7 Å². The lowest BCUT2D eigenvalue weighted by Crippen LogP contribution is -2.42. The number of nitrogens with one attached hydrogen (secondary N) is 2. The van der Waals surface area contributed by atoms with E-state index in [1.165, 1.54) is 6.20 Å². The zero-order valence-corrected chi connectivity index (χ0v) is 29.1. The molecule has 51 heavy (non-hydrogen) atoms. The van der Waals surface area contributed by atoms with Gasteiger partial charge in [0.25, 0.3) is 0 Å². The Kier molecular flexibility index (Phi) is 9.67. The van der Waals surface area contributed by atoms with Crippen LogP contribution in [-0.4, -0.2) is 75.1 Å². The first-order valence-corrected chi connectivity index (χ1v) is 17.5. The van der Waals surface area contributed by atoms with Crippen LogP contribution in [0.25, 0.3) is 44.1 Å². The molecule has 4 aromatic carbocycles. The Bertz CT molecular complexity index is 2280. The highest BCUT2D eigenvalue weighted by atomic mass is 35.5. The predicted molar refractivity (Wildman–Crippen MR) is 200 cm³/mol. The van der Waals surface area contributed by atoms with E-state index in [0.29, 0.717) is 39.4 Å². The number of nitrogens with zero attached hydrogens (tertiary/aromatic N) is 2. The molecule has 2 saturated heterocycles. The number of fused-ring (bicyclic) bond motifs is 2. The third-order valence-corrected chi connectivity index (χ3v) is 10.2. The molecule has 11 heteroatoms. The lowest BCUT2D eigenvalue weighted by atomic mass is 10.00. The minimum Gasteiger partial charge on any atom is -0.478 e. The van der Waals surface area contributed by atoms with Gasteiger partial charge in [0.05, 0.1) is 28.5 Å². The molecule has 258 valence electrons. The third-order valence-electron chi connectivity index (χ3n) is 9.59. The van der Waals surface area contributed by atoms with Crippen LogP contribution in [0.5, 0.6) is 0 Å². The highest BCUT2D eigenvalue weighted by Gasteiger charge is 2.21. The highest BCUT2D eigenvalue weighted by Crippen LogP contribution is 2.35. The molecule has 0 unspecified atom stereocenters. The molecule has 9 nitrogen and oxygen atoms in total. The molecule has 2 fully saturated rings. The van der Waals surface area contributed by atoms with Gasteiger partial charge in [0, 0.05) is 77.1 Å². The van der Waals surface area contributed by atoms with Gasteiger partial charge in [-0.15, -0.1) is 0 Å². The molecule has 2 aliphatic heterocycles. The fraction of sp³-hybridized carbons (Fsp3) is 0.200. The molecule has 0 aliphatic carbocycles. The van der Waals surface area contributed by atoms with Crippen LogP contribution >= 0.6 is 23.2 Å². The van der Waals surface area contributed by atoms with E-state index in [9.17, 15) is 24.3 Å². The number of likely N-dealkylation sites (tertiary alicyclic amines) is 2. The summed E-state index contributed by atoms with van der Waals surface area (Å²) >= 11 is 12.8. The number of aldehydes is 1. The van der Waals surface area contributed by atoms with Crippen molar-refractivity contribution in [1.82, 2.24) is 19.8 Å². The number of hydrogen-bond donors (Lipinski definition) is 3. The van der Waals surface area contributed by atoms with Gasteiger partial charge >= 0.3 is 5.97 Å². The van der Waals surface area contributed by atoms with Gasteiger partial charge in [0.1, 0.15) is 0 Å². The second-order valence-corrected chi connectivity index (χ2v) is 13.7. The van der Waals surface area contributed by atoms with Gasteiger partial charge in [-0.25, -0.2) is 4.79 Å². The average molecular weight is 722 g/mol. The molecule has 2 aromatic heterocycles. The Labute approximate surface area is 303 Å². The number of carboxylic acids is 1. The maximum atomic E-state index is 12.1. The molecule has 0 saturated carbocycles. The summed E-state index contributed by atoms with van der Waals surface area (Å²) in [7, 11) is 0. The van der Waals surface area contributed by atoms with Crippen LogP contribution in [0.3, 0.4) is 0 Å². The Balaban J connectivity index is 0.000000159. The van der Waals surface area contributed by atoms with Crippen molar-refractivity contribution >= 4 is 69.1 Å². The van der Waals surface area contributed by atoms with Gasteiger partial charge in [0.2, 0.25) is 11.8 Å². The molecule has 0 radical (unpaired) electrons. The first-order chi connectivity index (χ1) is 24.7. The zero-order chi connectivity index (χ0) is 35.6. The SMILES string of the molecule is O=C(O)c1c[nH]c2cc(Cl)c(-c3ccc(CC(=O)N4CCC4)cc3)cc12.O=Cc1c[nH]c2cc(Cl)c(-c3ccc(CC(=O)N4CCC4)cc3)cc12. The largest absolute Gasteiger partial charge is 0.478 e. The Morgan fingerprint density at radius 2 is 1.12 bits per heavy atom. The van der Waals surface area contributed by atoms with E-state index < -0.39 is 5.97 Å². The first-order valence-electron chi connectivity index (χ1n) is 16.7. The minimum atomic E-state index is -0.982. The Morgan fingerprint density at radius 3 is 1.55 bits per heavy atom. The number of halogens is 2. The van der Waals surface area contributed by atoms with Crippen molar-refractivity contribution in [1.29, 1.82) is 0 Å². The number of rotatable bonds is 8. The number of amides is 2. The number of hydrogen-bond acceptors (Lipinski definition) is 4. The Morgan fingerprint density at radius 1 is 0.667 bits per heavy atom. The lowest BCUT2D eigenvalue weighted by molar-refractivity contribution is -0.134. The molecule has 2 amide bonds. The summed E-state index contributed by atoms with van der Waals surface area (Å²) in [5.74, 6) is -0.646. The lowest BCUT2D eigenvalue weighted by Gasteiger charge is -2.30. The van der Waals surface area contributed by atoms with E-state index >= 15 is 0 Å². The molecular formula is C40H34Cl2N4O5. The van der Waals surface area contributed by atoms with E-state index in [4.69, 9.17) is 23.2 Å². The smallest absolute Gasteiger partial charge is 0.337 e. The number of carboxylic acid groups (broad SMARTS) is 1. The Hall–Kier alpha value is -5.38. The van der Waals surface area contributed by atoms with Gasteiger partial charge in [-0.2, -0.15) is 0 Å². The summed E-state index contributed by atoms with van der Waals surface area (Å²) < 4.78 is 0. The van der Waals surface area contributed by atoms with Crippen molar-refractivity contribution in [3.63, 3.8) is 0 Å². The van der Waals surface area contributed by atoms with Crippen LogP contribution in [0.15, 0.2) is 85.2 Å². The fourth-order valence-electron chi connectivity index (χ4n) is 6.33. The maximum Gasteiger partial charge on any atom is 0.337 e. The number of aromatic carboxylic acids is 1.